The monoisotopic (exact) mass is 480 g/mol. The number of ether oxygens (including phenoxy) is 2. The fourth-order valence-corrected chi connectivity index (χ4v) is 5.42. The van der Waals surface area contributed by atoms with Crippen LogP contribution in [0.25, 0.3) is 10.9 Å². The van der Waals surface area contributed by atoms with Gasteiger partial charge in [0.05, 0.1) is 32.3 Å². The molecular weight excluding hydrogens is 452 g/mol. The molecule has 1 N–H and O–H groups in total. The van der Waals surface area contributed by atoms with E-state index in [1.54, 1.807) is 31.6 Å². The summed E-state index contributed by atoms with van der Waals surface area (Å²) in [7, 11) is 3.19. The SMILES string of the molecule is COc1cc2cc(CN(Cc3cccs3)Cc3nnnn3C3CCCC3)c(=O)[nH]c2cc1OC. The summed E-state index contributed by atoms with van der Waals surface area (Å²) in [6.45, 7) is 1.73. The Kier molecular flexibility index (Phi) is 6.59. The lowest BCUT2D eigenvalue weighted by Gasteiger charge is -2.22. The van der Waals surface area contributed by atoms with Crippen molar-refractivity contribution in [3.05, 3.63) is 62.3 Å². The second-order valence-corrected chi connectivity index (χ2v) is 9.65. The number of thiophene rings is 1. The first-order chi connectivity index (χ1) is 16.6. The Hall–Kier alpha value is -3.24. The number of pyridine rings is 1. The minimum absolute atomic E-state index is 0.119. The third-order valence-electron chi connectivity index (χ3n) is 6.38. The molecule has 0 amide bonds. The van der Waals surface area contributed by atoms with Crippen LogP contribution < -0.4 is 15.0 Å². The minimum Gasteiger partial charge on any atom is -0.493 e. The van der Waals surface area contributed by atoms with Crippen molar-refractivity contribution in [3.8, 4) is 11.5 Å². The van der Waals surface area contributed by atoms with Gasteiger partial charge in [0.25, 0.3) is 5.56 Å². The molecule has 0 unspecified atom stereocenters. The normalized spacial score (nSPS) is 14.3. The van der Waals surface area contributed by atoms with E-state index in [9.17, 15) is 4.79 Å². The second-order valence-electron chi connectivity index (χ2n) is 8.62. The minimum atomic E-state index is -0.119. The zero-order chi connectivity index (χ0) is 23.5. The van der Waals surface area contributed by atoms with E-state index in [-0.39, 0.29) is 5.56 Å². The maximum Gasteiger partial charge on any atom is 0.252 e. The summed E-state index contributed by atoms with van der Waals surface area (Å²) in [6, 6.07) is 10.1. The molecule has 178 valence electrons. The quantitative estimate of drug-likeness (QED) is 0.388. The number of hydrogen-bond acceptors (Lipinski definition) is 8. The predicted molar refractivity (Wildman–Crippen MR) is 130 cm³/mol. The lowest BCUT2D eigenvalue weighted by atomic mass is 10.1. The Morgan fingerprint density at radius 1 is 1.12 bits per heavy atom. The van der Waals surface area contributed by atoms with Crippen LogP contribution in [-0.4, -0.2) is 44.3 Å². The van der Waals surface area contributed by atoms with Crippen LogP contribution >= 0.6 is 11.3 Å². The van der Waals surface area contributed by atoms with Crippen molar-refractivity contribution in [2.45, 2.75) is 51.4 Å². The molecule has 1 saturated carbocycles. The summed E-state index contributed by atoms with van der Waals surface area (Å²) < 4.78 is 12.8. The van der Waals surface area contributed by atoms with Crippen LogP contribution in [0.2, 0.25) is 0 Å². The van der Waals surface area contributed by atoms with Gasteiger partial charge >= 0.3 is 0 Å². The summed E-state index contributed by atoms with van der Waals surface area (Å²) in [5.74, 6) is 2.04. The van der Waals surface area contributed by atoms with Gasteiger partial charge in [-0.05, 0) is 46.8 Å². The number of H-pyrrole nitrogens is 1. The van der Waals surface area contributed by atoms with Gasteiger partial charge < -0.3 is 14.5 Å². The molecule has 1 aliphatic rings. The number of rotatable bonds is 9. The zero-order valence-corrected chi connectivity index (χ0v) is 20.2. The molecule has 0 radical (unpaired) electrons. The van der Waals surface area contributed by atoms with Gasteiger partial charge in [0.2, 0.25) is 0 Å². The third kappa shape index (κ3) is 4.69. The Bertz CT molecular complexity index is 1310. The molecule has 0 atom stereocenters. The van der Waals surface area contributed by atoms with Crippen molar-refractivity contribution < 1.29 is 9.47 Å². The first kappa shape index (κ1) is 22.5. The fraction of sp³-hybridized carbons (Fsp3) is 0.417. The first-order valence-electron chi connectivity index (χ1n) is 11.4. The van der Waals surface area contributed by atoms with Crippen LogP contribution in [0.3, 0.4) is 0 Å². The third-order valence-corrected chi connectivity index (χ3v) is 7.24. The van der Waals surface area contributed by atoms with Crippen LogP contribution in [0.1, 0.15) is 48.0 Å². The number of methoxy groups -OCH3 is 2. The fourth-order valence-electron chi connectivity index (χ4n) is 4.68. The Morgan fingerprint density at radius 2 is 1.91 bits per heavy atom. The molecule has 5 rings (SSSR count). The predicted octanol–water partition coefficient (Wildman–Crippen LogP) is 3.91. The molecule has 1 aromatic carbocycles. The zero-order valence-electron chi connectivity index (χ0n) is 19.4. The number of aromatic amines is 1. The van der Waals surface area contributed by atoms with Gasteiger partial charge in [0, 0.05) is 35.0 Å². The van der Waals surface area contributed by atoms with Gasteiger partial charge in [-0.25, -0.2) is 4.68 Å². The number of hydrogen-bond donors (Lipinski definition) is 1. The molecule has 1 aliphatic carbocycles. The van der Waals surface area contributed by atoms with Crippen molar-refractivity contribution in [2.75, 3.05) is 14.2 Å². The standard InChI is InChI=1S/C24H28N6O3S/c1-32-21-11-16-10-17(24(31)25-20(16)12-22(21)33-2)13-29(14-19-8-5-9-34-19)15-23-26-27-28-30(23)18-6-3-4-7-18/h5,8-12,18H,3-4,6-7,13-15H2,1-2H3,(H,25,31). The van der Waals surface area contributed by atoms with Gasteiger partial charge in [-0.15, -0.1) is 16.4 Å². The molecule has 10 heteroatoms. The van der Waals surface area contributed by atoms with Crippen LogP contribution in [0.4, 0.5) is 0 Å². The van der Waals surface area contributed by atoms with Crippen molar-refractivity contribution >= 4 is 22.2 Å². The Morgan fingerprint density at radius 3 is 2.65 bits per heavy atom. The Labute approximate surface area is 201 Å². The summed E-state index contributed by atoms with van der Waals surface area (Å²) >= 11 is 1.70. The van der Waals surface area contributed by atoms with Gasteiger partial charge in [-0.1, -0.05) is 18.9 Å². The van der Waals surface area contributed by atoms with E-state index in [2.05, 4.69) is 36.9 Å². The smallest absolute Gasteiger partial charge is 0.252 e. The van der Waals surface area contributed by atoms with Crippen molar-refractivity contribution in [1.29, 1.82) is 0 Å². The van der Waals surface area contributed by atoms with Gasteiger partial charge in [0.1, 0.15) is 0 Å². The Balaban J connectivity index is 1.46. The first-order valence-corrected chi connectivity index (χ1v) is 12.3. The topological polar surface area (TPSA) is 98.2 Å². The average Bonchev–Trinajstić information content (AvgIpc) is 3.61. The van der Waals surface area contributed by atoms with Crippen LogP contribution in [-0.2, 0) is 19.6 Å². The molecular formula is C24H28N6O3S. The summed E-state index contributed by atoms with van der Waals surface area (Å²) in [5, 5.41) is 15.5. The number of tetrazole rings is 1. The summed E-state index contributed by atoms with van der Waals surface area (Å²) in [5.41, 5.74) is 1.27. The molecule has 0 bridgehead atoms. The van der Waals surface area contributed by atoms with E-state index in [1.165, 1.54) is 17.7 Å². The molecule has 1 fully saturated rings. The van der Waals surface area contributed by atoms with Gasteiger partial charge in [0.15, 0.2) is 17.3 Å². The summed E-state index contributed by atoms with van der Waals surface area (Å²) in [4.78, 5) is 19.5. The summed E-state index contributed by atoms with van der Waals surface area (Å²) in [6.07, 6.45) is 4.64. The molecule has 0 saturated heterocycles. The van der Waals surface area contributed by atoms with Crippen molar-refractivity contribution in [3.63, 3.8) is 0 Å². The van der Waals surface area contributed by atoms with E-state index in [1.807, 2.05) is 22.9 Å². The average molecular weight is 481 g/mol. The largest absolute Gasteiger partial charge is 0.493 e. The highest BCUT2D eigenvalue weighted by atomic mass is 32.1. The van der Waals surface area contributed by atoms with E-state index in [0.717, 1.165) is 24.1 Å². The number of nitrogens with one attached hydrogen (secondary N) is 1. The van der Waals surface area contributed by atoms with E-state index < -0.39 is 0 Å². The highest BCUT2D eigenvalue weighted by Gasteiger charge is 2.23. The number of benzene rings is 1. The number of nitrogens with zero attached hydrogens (tertiary/aromatic N) is 5. The maximum atomic E-state index is 13.0. The molecule has 3 aromatic heterocycles. The lowest BCUT2D eigenvalue weighted by molar-refractivity contribution is 0.234. The molecule has 9 nitrogen and oxygen atoms in total. The lowest BCUT2D eigenvalue weighted by Crippen LogP contribution is -2.28. The number of fused-ring (bicyclic) bond motifs is 1. The van der Waals surface area contributed by atoms with Crippen LogP contribution in [0, 0.1) is 0 Å². The molecule has 4 aromatic rings. The molecule has 0 aliphatic heterocycles. The van der Waals surface area contributed by atoms with Gasteiger partial charge in [-0.2, -0.15) is 0 Å². The van der Waals surface area contributed by atoms with Crippen LogP contribution in [0.5, 0.6) is 11.5 Å². The second kappa shape index (κ2) is 9.94. The van der Waals surface area contributed by atoms with Crippen molar-refractivity contribution in [2.24, 2.45) is 0 Å². The highest BCUT2D eigenvalue weighted by Crippen LogP contribution is 2.32. The van der Waals surface area contributed by atoms with Crippen LogP contribution in [0.15, 0.2) is 40.5 Å². The molecule has 0 spiro atoms. The van der Waals surface area contributed by atoms with E-state index in [0.29, 0.717) is 48.3 Å². The van der Waals surface area contributed by atoms with E-state index in [4.69, 9.17) is 9.47 Å². The van der Waals surface area contributed by atoms with Gasteiger partial charge in [-0.3, -0.25) is 9.69 Å². The number of aromatic nitrogens is 5. The van der Waals surface area contributed by atoms with Crippen molar-refractivity contribution in [1.82, 2.24) is 30.1 Å². The highest BCUT2D eigenvalue weighted by molar-refractivity contribution is 7.09. The molecule has 3 heterocycles. The maximum absolute atomic E-state index is 13.0. The molecule has 34 heavy (non-hydrogen) atoms. The van der Waals surface area contributed by atoms with E-state index >= 15 is 0 Å².